The first-order chi connectivity index (χ1) is 14.7. The van der Waals surface area contributed by atoms with Crippen molar-refractivity contribution in [2.75, 3.05) is 26.3 Å². The number of amides is 1. The van der Waals surface area contributed by atoms with Crippen molar-refractivity contribution in [2.24, 2.45) is 0 Å². The van der Waals surface area contributed by atoms with Crippen LogP contribution in [0.4, 0.5) is 0 Å². The Morgan fingerprint density at radius 3 is 2.70 bits per heavy atom. The first-order valence-corrected chi connectivity index (χ1v) is 9.56. The zero-order chi connectivity index (χ0) is 20.5. The van der Waals surface area contributed by atoms with Crippen LogP contribution in [0.25, 0.3) is 27.8 Å². The van der Waals surface area contributed by atoms with Crippen LogP contribution >= 0.6 is 0 Å². The second kappa shape index (κ2) is 7.53. The van der Waals surface area contributed by atoms with E-state index >= 15 is 0 Å². The van der Waals surface area contributed by atoms with E-state index in [4.69, 9.17) is 4.74 Å². The van der Waals surface area contributed by atoms with Crippen molar-refractivity contribution in [1.82, 2.24) is 29.9 Å². The molecule has 0 spiro atoms. The van der Waals surface area contributed by atoms with Crippen molar-refractivity contribution in [3.8, 4) is 16.9 Å². The summed E-state index contributed by atoms with van der Waals surface area (Å²) in [5.41, 5.74) is 2.70. The van der Waals surface area contributed by atoms with Crippen LogP contribution < -0.4 is 5.56 Å². The number of benzene rings is 1. The first-order valence-electron chi connectivity index (χ1n) is 9.56. The maximum atomic E-state index is 12.6. The molecule has 1 amide bonds. The number of carbonyl (C=O) groups is 1. The molecular formula is C21H18N6O3. The molecule has 0 bridgehead atoms. The fourth-order valence-corrected chi connectivity index (χ4v) is 3.46. The van der Waals surface area contributed by atoms with E-state index in [0.717, 1.165) is 11.1 Å². The highest BCUT2D eigenvalue weighted by atomic mass is 16.5. The van der Waals surface area contributed by atoms with Gasteiger partial charge in [0.15, 0.2) is 0 Å². The van der Waals surface area contributed by atoms with Gasteiger partial charge in [-0.15, -0.1) is 5.10 Å². The lowest BCUT2D eigenvalue weighted by molar-refractivity contribution is 0.0303. The molecule has 9 heteroatoms. The lowest BCUT2D eigenvalue weighted by Crippen LogP contribution is -2.40. The number of fused-ring (bicyclic) bond motifs is 1. The molecule has 0 unspecified atom stereocenters. The van der Waals surface area contributed by atoms with E-state index in [1.807, 2.05) is 0 Å². The van der Waals surface area contributed by atoms with E-state index in [2.05, 4.69) is 20.3 Å². The largest absolute Gasteiger partial charge is 0.378 e. The number of ether oxygens (including phenoxy) is 1. The number of H-pyrrole nitrogens is 1. The van der Waals surface area contributed by atoms with E-state index in [1.54, 1.807) is 64.6 Å². The molecule has 1 fully saturated rings. The smallest absolute Gasteiger partial charge is 0.258 e. The summed E-state index contributed by atoms with van der Waals surface area (Å²) in [5, 5.41) is 9.09. The highest BCUT2D eigenvalue weighted by molar-refractivity contribution is 5.94. The molecule has 1 aliphatic rings. The summed E-state index contributed by atoms with van der Waals surface area (Å²) in [5.74, 6) is -0.0135. The molecule has 1 N–H and O–H groups in total. The number of morpholine rings is 1. The highest BCUT2D eigenvalue weighted by Gasteiger charge is 2.18. The van der Waals surface area contributed by atoms with Gasteiger partial charge in [0, 0.05) is 36.4 Å². The topological polar surface area (TPSA) is 106 Å². The van der Waals surface area contributed by atoms with E-state index in [9.17, 15) is 9.59 Å². The van der Waals surface area contributed by atoms with Crippen LogP contribution in [0.1, 0.15) is 10.4 Å². The molecule has 1 aliphatic heterocycles. The third-order valence-electron chi connectivity index (χ3n) is 5.09. The van der Waals surface area contributed by atoms with Crippen molar-refractivity contribution < 1.29 is 9.53 Å². The third-order valence-corrected chi connectivity index (χ3v) is 5.09. The van der Waals surface area contributed by atoms with Crippen LogP contribution in [0.15, 0.2) is 59.8 Å². The van der Waals surface area contributed by atoms with Crippen molar-refractivity contribution >= 4 is 16.8 Å². The van der Waals surface area contributed by atoms with Gasteiger partial charge in [0.2, 0.25) is 0 Å². The number of aromatic amines is 1. The van der Waals surface area contributed by atoms with Gasteiger partial charge >= 0.3 is 0 Å². The molecule has 1 saturated heterocycles. The van der Waals surface area contributed by atoms with E-state index in [1.165, 1.54) is 0 Å². The molecular weight excluding hydrogens is 384 g/mol. The second-order valence-corrected chi connectivity index (χ2v) is 6.97. The highest BCUT2D eigenvalue weighted by Crippen LogP contribution is 2.18. The van der Waals surface area contributed by atoms with Crippen LogP contribution in [0.5, 0.6) is 0 Å². The van der Waals surface area contributed by atoms with E-state index in [0.29, 0.717) is 48.6 Å². The maximum absolute atomic E-state index is 12.6. The van der Waals surface area contributed by atoms with Crippen LogP contribution in [-0.4, -0.2) is 62.1 Å². The first kappa shape index (κ1) is 18.2. The Labute approximate surface area is 170 Å². The monoisotopic (exact) mass is 402 g/mol. The SMILES string of the molecule is O=C(c1ccc(-n2cc(-c3cc4cnccc4[nH]c3=O)nn2)cc1)N1CCOCC1. The van der Waals surface area contributed by atoms with Gasteiger partial charge in [0.25, 0.3) is 11.5 Å². The van der Waals surface area contributed by atoms with Crippen LogP contribution in [0.3, 0.4) is 0 Å². The predicted octanol–water partition coefficient (Wildman–Crippen LogP) is 1.64. The van der Waals surface area contributed by atoms with Gasteiger partial charge in [0.05, 0.1) is 36.2 Å². The van der Waals surface area contributed by atoms with Gasteiger partial charge in [0.1, 0.15) is 5.69 Å². The molecule has 0 radical (unpaired) electrons. The molecule has 30 heavy (non-hydrogen) atoms. The summed E-state index contributed by atoms with van der Waals surface area (Å²) >= 11 is 0. The summed E-state index contributed by atoms with van der Waals surface area (Å²) in [6.45, 7) is 2.33. The molecule has 150 valence electrons. The molecule has 5 rings (SSSR count). The van der Waals surface area contributed by atoms with Gasteiger partial charge in [-0.05, 0) is 36.4 Å². The summed E-state index contributed by atoms with van der Waals surface area (Å²) in [6.07, 6.45) is 5.00. The zero-order valence-corrected chi connectivity index (χ0v) is 16.0. The Morgan fingerprint density at radius 2 is 1.90 bits per heavy atom. The normalized spacial score (nSPS) is 14.2. The number of nitrogens with zero attached hydrogens (tertiary/aromatic N) is 5. The molecule has 1 aromatic carbocycles. The Morgan fingerprint density at radius 1 is 1.10 bits per heavy atom. The summed E-state index contributed by atoms with van der Waals surface area (Å²) < 4.78 is 6.87. The number of carbonyl (C=O) groups excluding carboxylic acids is 1. The van der Waals surface area contributed by atoms with E-state index in [-0.39, 0.29) is 11.5 Å². The molecule has 4 heterocycles. The summed E-state index contributed by atoms with van der Waals surface area (Å²) in [7, 11) is 0. The van der Waals surface area contributed by atoms with Crippen molar-refractivity contribution in [2.45, 2.75) is 0 Å². The molecule has 0 atom stereocenters. The van der Waals surface area contributed by atoms with Gasteiger partial charge in [-0.1, -0.05) is 5.21 Å². The maximum Gasteiger partial charge on any atom is 0.258 e. The van der Waals surface area contributed by atoms with Crippen LogP contribution in [-0.2, 0) is 4.74 Å². The van der Waals surface area contributed by atoms with Gasteiger partial charge < -0.3 is 14.6 Å². The van der Waals surface area contributed by atoms with E-state index < -0.39 is 0 Å². The minimum absolute atomic E-state index is 0.0135. The Bertz CT molecular complexity index is 1270. The molecule has 9 nitrogen and oxygen atoms in total. The van der Waals surface area contributed by atoms with Crippen molar-refractivity contribution in [1.29, 1.82) is 0 Å². The number of hydrogen-bond acceptors (Lipinski definition) is 6. The summed E-state index contributed by atoms with van der Waals surface area (Å²) in [4.78, 5) is 33.7. The fraction of sp³-hybridized carbons (Fsp3) is 0.190. The van der Waals surface area contributed by atoms with Crippen LogP contribution in [0, 0.1) is 0 Å². The molecule has 0 saturated carbocycles. The quantitative estimate of drug-likeness (QED) is 0.558. The van der Waals surface area contributed by atoms with Gasteiger partial charge in [-0.25, -0.2) is 4.68 Å². The Kier molecular flexibility index (Phi) is 4.56. The molecule has 4 aromatic rings. The van der Waals surface area contributed by atoms with Crippen molar-refractivity contribution in [3.05, 3.63) is 70.9 Å². The number of pyridine rings is 2. The molecule has 0 aliphatic carbocycles. The molecule has 3 aromatic heterocycles. The standard InChI is InChI=1S/C21H18N6O3/c28-20-17(11-15-12-22-6-5-18(15)23-20)19-13-27(25-24-19)16-3-1-14(2-4-16)21(29)26-7-9-30-10-8-26/h1-6,11-13H,7-10H2,(H,23,28). The van der Waals surface area contributed by atoms with Crippen LogP contribution in [0.2, 0.25) is 0 Å². The average molecular weight is 402 g/mol. The zero-order valence-electron chi connectivity index (χ0n) is 16.0. The summed E-state index contributed by atoms with van der Waals surface area (Å²) in [6, 6.07) is 10.6. The number of rotatable bonds is 3. The third kappa shape index (κ3) is 3.35. The number of aromatic nitrogens is 5. The lowest BCUT2D eigenvalue weighted by Gasteiger charge is -2.26. The van der Waals surface area contributed by atoms with Gasteiger partial charge in [-0.3, -0.25) is 14.6 Å². The van der Waals surface area contributed by atoms with Crippen molar-refractivity contribution in [3.63, 3.8) is 0 Å². The second-order valence-electron chi connectivity index (χ2n) is 6.97. The lowest BCUT2D eigenvalue weighted by atomic mass is 10.1. The number of hydrogen-bond donors (Lipinski definition) is 1. The Balaban J connectivity index is 1.41. The fourth-order valence-electron chi connectivity index (χ4n) is 3.46. The minimum atomic E-state index is -0.243. The Hall–Kier alpha value is -3.85. The predicted molar refractivity (Wildman–Crippen MR) is 109 cm³/mol. The van der Waals surface area contributed by atoms with Gasteiger partial charge in [-0.2, -0.15) is 0 Å². The minimum Gasteiger partial charge on any atom is -0.378 e. The number of nitrogens with one attached hydrogen (secondary N) is 1. The average Bonchev–Trinajstić information content (AvgIpc) is 3.29.